The molecular formula is C26H25F3N2O3S. The Morgan fingerprint density at radius 1 is 1.00 bits per heavy atom. The Morgan fingerprint density at radius 2 is 1.69 bits per heavy atom. The van der Waals surface area contributed by atoms with E-state index in [4.69, 9.17) is 0 Å². The molecule has 5 nitrogen and oxygen atoms in total. The molecule has 1 aliphatic rings. The summed E-state index contributed by atoms with van der Waals surface area (Å²) < 4.78 is 44.2. The molecule has 0 saturated carbocycles. The number of benzene rings is 3. The third kappa shape index (κ3) is 7.16. The molecule has 0 aromatic heterocycles. The molecule has 35 heavy (non-hydrogen) atoms. The van der Waals surface area contributed by atoms with Crippen molar-refractivity contribution >= 4 is 23.5 Å². The number of halogens is 3. The number of hydrogen-bond acceptors (Lipinski definition) is 5. The van der Waals surface area contributed by atoms with Crippen LogP contribution in [0.2, 0.25) is 0 Å². The summed E-state index contributed by atoms with van der Waals surface area (Å²) >= 11 is 1.14. The molecule has 184 valence electrons. The van der Waals surface area contributed by atoms with Gasteiger partial charge in [-0.15, -0.1) is 13.2 Å². The standard InChI is InChI=1S/C26H25F3N2O3S/c27-26(28,29)34-22-7-4-8-23(17-22)35-30-21-11-9-20(10-12-21)24(32)31-15-13-25(33,14-16-31)18-19-5-2-1-3-6-19/h1-12,17,30,33H,13-16,18H2. The van der Waals surface area contributed by atoms with Crippen molar-refractivity contribution in [3.8, 4) is 5.75 Å². The van der Waals surface area contributed by atoms with Gasteiger partial charge in [0.25, 0.3) is 5.91 Å². The predicted molar refractivity (Wildman–Crippen MR) is 129 cm³/mol. The van der Waals surface area contributed by atoms with E-state index in [2.05, 4.69) is 9.46 Å². The molecule has 0 radical (unpaired) electrons. The maximum atomic E-state index is 12.9. The van der Waals surface area contributed by atoms with Crippen LogP contribution in [0.3, 0.4) is 0 Å². The van der Waals surface area contributed by atoms with E-state index >= 15 is 0 Å². The van der Waals surface area contributed by atoms with Crippen molar-refractivity contribution in [2.24, 2.45) is 0 Å². The summed E-state index contributed by atoms with van der Waals surface area (Å²) in [4.78, 5) is 15.2. The number of likely N-dealkylation sites (tertiary alicyclic amines) is 1. The molecule has 3 aromatic rings. The van der Waals surface area contributed by atoms with Gasteiger partial charge in [-0.2, -0.15) is 0 Å². The number of carbonyl (C=O) groups excluding carboxylic acids is 1. The second-order valence-electron chi connectivity index (χ2n) is 8.48. The second-order valence-corrected chi connectivity index (χ2v) is 9.36. The largest absolute Gasteiger partial charge is 0.573 e. The van der Waals surface area contributed by atoms with Crippen molar-refractivity contribution in [1.82, 2.24) is 4.90 Å². The van der Waals surface area contributed by atoms with E-state index in [-0.39, 0.29) is 11.7 Å². The molecule has 0 atom stereocenters. The molecule has 1 saturated heterocycles. The Hall–Kier alpha value is -3.17. The number of rotatable bonds is 7. The number of alkyl halides is 3. The van der Waals surface area contributed by atoms with Gasteiger partial charge in [0.2, 0.25) is 0 Å². The van der Waals surface area contributed by atoms with Crippen LogP contribution in [-0.2, 0) is 6.42 Å². The molecule has 1 amide bonds. The van der Waals surface area contributed by atoms with Gasteiger partial charge >= 0.3 is 6.36 Å². The zero-order valence-electron chi connectivity index (χ0n) is 18.8. The number of anilines is 1. The topological polar surface area (TPSA) is 61.8 Å². The summed E-state index contributed by atoms with van der Waals surface area (Å²) in [5.74, 6) is -0.384. The third-order valence-electron chi connectivity index (χ3n) is 5.82. The van der Waals surface area contributed by atoms with Crippen molar-refractivity contribution in [2.75, 3.05) is 17.8 Å². The van der Waals surface area contributed by atoms with E-state index in [0.29, 0.717) is 48.5 Å². The van der Waals surface area contributed by atoms with Crippen LogP contribution in [0.5, 0.6) is 5.75 Å². The Labute approximate surface area is 206 Å². The molecule has 0 aliphatic carbocycles. The van der Waals surface area contributed by atoms with E-state index < -0.39 is 12.0 Å². The van der Waals surface area contributed by atoms with Gasteiger partial charge in [-0.05, 0) is 72.8 Å². The average Bonchev–Trinajstić information content (AvgIpc) is 2.83. The van der Waals surface area contributed by atoms with Crippen LogP contribution in [0.1, 0.15) is 28.8 Å². The lowest BCUT2D eigenvalue weighted by molar-refractivity contribution is -0.274. The molecule has 4 rings (SSSR count). The van der Waals surface area contributed by atoms with E-state index in [9.17, 15) is 23.1 Å². The first-order valence-corrected chi connectivity index (χ1v) is 12.0. The predicted octanol–water partition coefficient (Wildman–Crippen LogP) is 5.91. The highest BCUT2D eigenvalue weighted by molar-refractivity contribution is 8.00. The molecule has 0 bridgehead atoms. The van der Waals surface area contributed by atoms with Gasteiger partial charge in [-0.25, -0.2) is 0 Å². The Morgan fingerprint density at radius 3 is 2.34 bits per heavy atom. The van der Waals surface area contributed by atoms with Crippen LogP contribution < -0.4 is 9.46 Å². The minimum atomic E-state index is -4.74. The highest BCUT2D eigenvalue weighted by Gasteiger charge is 2.34. The van der Waals surface area contributed by atoms with Crippen LogP contribution >= 0.6 is 11.9 Å². The molecular weight excluding hydrogens is 477 g/mol. The second kappa shape index (κ2) is 10.6. The third-order valence-corrected chi connectivity index (χ3v) is 6.64. The molecule has 1 fully saturated rings. The van der Waals surface area contributed by atoms with Crippen LogP contribution in [0, 0.1) is 0 Å². The smallest absolute Gasteiger partial charge is 0.406 e. The first-order chi connectivity index (χ1) is 16.7. The SMILES string of the molecule is O=C(c1ccc(NSc2cccc(OC(F)(F)F)c2)cc1)N1CCC(O)(Cc2ccccc2)CC1. The first-order valence-electron chi connectivity index (χ1n) is 11.1. The van der Waals surface area contributed by atoms with Crippen LogP contribution in [-0.4, -0.2) is 41.0 Å². The zero-order chi connectivity index (χ0) is 24.9. The van der Waals surface area contributed by atoms with E-state index in [1.807, 2.05) is 30.3 Å². The monoisotopic (exact) mass is 502 g/mol. The lowest BCUT2D eigenvalue weighted by atomic mass is 9.85. The summed E-state index contributed by atoms with van der Waals surface area (Å²) in [5, 5.41) is 10.9. The van der Waals surface area contributed by atoms with Crippen LogP contribution in [0.25, 0.3) is 0 Å². The summed E-state index contributed by atoms with van der Waals surface area (Å²) in [5.41, 5.74) is 1.50. The van der Waals surface area contributed by atoms with Gasteiger partial charge in [0.05, 0.1) is 5.60 Å². The Balaban J connectivity index is 1.29. The lowest BCUT2D eigenvalue weighted by Crippen LogP contribution is -2.47. The number of nitrogens with one attached hydrogen (secondary N) is 1. The highest BCUT2D eigenvalue weighted by Crippen LogP contribution is 2.29. The van der Waals surface area contributed by atoms with Gasteiger partial charge < -0.3 is 19.5 Å². The number of amides is 1. The minimum Gasteiger partial charge on any atom is -0.406 e. The number of aliphatic hydroxyl groups is 1. The van der Waals surface area contributed by atoms with Gasteiger partial charge in [-0.1, -0.05) is 36.4 Å². The van der Waals surface area contributed by atoms with Crippen LogP contribution in [0.4, 0.5) is 18.9 Å². The highest BCUT2D eigenvalue weighted by atomic mass is 32.2. The fourth-order valence-electron chi connectivity index (χ4n) is 3.99. The summed E-state index contributed by atoms with van der Waals surface area (Å²) in [6.07, 6.45) is -3.14. The zero-order valence-corrected chi connectivity index (χ0v) is 19.6. The maximum absolute atomic E-state index is 12.9. The molecule has 1 aliphatic heterocycles. The summed E-state index contributed by atoms with van der Waals surface area (Å²) in [7, 11) is 0. The number of piperidine rings is 1. The average molecular weight is 503 g/mol. The van der Waals surface area contributed by atoms with Crippen molar-refractivity contribution in [1.29, 1.82) is 0 Å². The molecule has 1 heterocycles. The number of carbonyl (C=O) groups is 1. The summed E-state index contributed by atoms with van der Waals surface area (Å²) in [6.45, 7) is 0.961. The molecule has 3 aromatic carbocycles. The summed E-state index contributed by atoms with van der Waals surface area (Å²) in [6, 6.07) is 22.4. The number of hydrogen-bond donors (Lipinski definition) is 2. The molecule has 0 spiro atoms. The Kier molecular flexibility index (Phi) is 7.57. The Bertz CT molecular complexity index is 1130. The van der Waals surface area contributed by atoms with E-state index in [0.717, 1.165) is 17.5 Å². The normalized spacial score (nSPS) is 15.5. The maximum Gasteiger partial charge on any atom is 0.573 e. The van der Waals surface area contributed by atoms with Crippen LogP contribution in [0.15, 0.2) is 83.8 Å². The van der Waals surface area contributed by atoms with Crippen molar-refractivity contribution in [3.63, 3.8) is 0 Å². The lowest BCUT2D eigenvalue weighted by Gasteiger charge is -2.38. The quantitative estimate of drug-likeness (QED) is 0.393. The van der Waals surface area contributed by atoms with E-state index in [1.165, 1.54) is 18.2 Å². The van der Waals surface area contributed by atoms with Gasteiger partial charge in [0.1, 0.15) is 5.75 Å². The van der Waals surface area contributed by atoms with Gasteiger partial charge in [0, 0.05) is 35.7 Å². The fraction of sp³-hybridized carbons (Fsp3) is 0.269. The number of ether oxygens (including phenoxy) is 1. The number of nitrogens with zero attached hydrogens (tertiary/aromatic N) is 1. The van der Waals surface area contributed by atoms with Crippen molar-refractivity contribution < 1.29 is 27.8 Å². The minimum absolute atomic E-state index is 0.0945. The van der Waals surface area contributed by atoms with Crippen molar-refractivity contribution in [3.05, 3.63) is 90.0 Å². The van der Waals surface area contributed by atoms with E-state index in [1.54, 1.807) is 35.2 Å². The molecule has 0 unspecified atom stereocenters. The van der Waals surface area contributed by atoms with Gasteiger partial charge in [0.15, 0.2) is 0 Å². The van der Waals surface area contributed by atoms with Gasteiger partial charge in [-0.3, -0.25) is 4.79 Å². The first kappa shape index (κ1) is 24.9. The van der Waals surface area contributed by atoms with Crippen molar-refractivity contribution in [2.45, 2.75) is 36.1 Å². The fourth-order valence-corrected chi connectivity index (χ4v) is 4.69. The molecule has 9 heteroatoms. The molecule has 2 N–H and O–H groups in total.